The molecular weight excluding hydrogens is 320 g/mol. The summed E-state index contributed by atoms with van der Waals surface area (Å²) < 4.78 is 2.58. The van der Waals surface area contributed by atoms with Crippen molar-refractivity contribution in [1.82, 2.24) is 9.55 Å². The lowest BCUT2D eigenvalue weighted by atomic mass is 10.1. The van der Waals surface area contributed by atoms with Crippen molar-refractivity contribution in [3.8, 4) is 0 Å². The van der Waals surface area contributed by atoms with E-state index in [-0.39, 0.29) is 22.3 Å². The Labute approximate surface area is 144 Å². The number of nitrogens with zero attached hydrogens (tertiary/aromatic N) is 2. The van der Waals surface area contributed by atoms with Crippen LogP contribution in [-0.4, -0.2) is 9.55 Å². The Morgan fingerprint density at radius 3 is 2.50 bits per heavy atom. The van der Waals surface area contributed by atoms with E-state index in [4.69, 9.17) is 4.98 Å². The van der Waals surface area contributed by atoms with E-state index in [2.05, 4.69) is 13.8 Å². The van der Waals surface area contributed by atoms with Crippen LogP contribution in [0.5, 0.6) is 0 Å². The van der Waals surface area contributed by atoms with E-state index in [1.807, 2.05) is 32.0 Å². The number of hydrogen-bond donors (Lipinski definition) is 0. The fourth-order valence-electron chi connectivity index (χ4n) is 2.85. The van der Waals surface area contributed by atoms with Crippen molar-refractivity contribution in [2.24, 2.45) is 5.92 Å². The molecule has 126 valence electrons. The molecule has 0 radical (unpaired) electrons. The van der Waals surface area contributed by atoms with Crippen LogP contribution in [0.15, 0.2) is 33.9 Å². The Hall–Kier alpha value is -2.01. The van der Waals surface area contributed by atoms with Crippen molar-refractivity contribution < 1.29 is 0 Å². The van der Waals surface area contributed by atoms with Crippen LogP contribution in [0.3, 0.4) is 0 Å². The molecule has 1 aromatic carbocycles. The molecule has 2 aromatic heterocycles. The maximum atomic E-state index is 13.1. The Morgan fingerprint density at radius 1 is 1.12 bits per heavy atom. The lowest BCUT2D eigenvalue weighted by Crippen LogP contribution is -2.29. The highest BCUT2D eigenvalue weighted by Crippen LogP contribution is 2.23. The summed E-state index contributed by atoms with van der Waals surface area (Å²) in [5.41, 5.74) is -0.401. The summed E-state index contributed by atoms with van der Waals surface area (Å²) in [5, 5.41) is 0.827. The van der Waals surface area contributed by atoms with Crippen molar-refractivity contribution in [2.45, 2.75) is 46.6 Å². The van der Waals surface area contributed by atoms with Crippen LogP contribution in [0.2, 0.25) is 0 Å². The summed E-state index contributed by atoms with van der Waals surface area (Å²) >= 11 is 1.42. The van der Waals surface area contributed by atoms with Crippen molar-refractivity contribution in [3.05, 3.63) is 50.7 Å². The first-order chi connectivity index (χ1) is 11.4. The third-order valence-electron chi connectivity index (χ3n) is 4.18. The van der Waals surface area contributed by atoms with Gasteiger partial charge in [-0.2, -0.15) is 0 Å². The molecule has 0 spiro atoms. The standard InChI is InChI=1S/C19H22N2O2S/c1-11(2)9-10-21-17(12(3)4)20-18-15(19(21)23)16(22)13-7-5-6-8-14(13)24-18/h5-8,11-12H,9-10H2,1-4H3. The van der Waals surface area contributed by atoms with Gasteiger partial charge in [-0.15, -0.1) is 11.3 Å². The lowest BCUT2D eigenvalue weighted by molar-refractivity contribution is 0.485. The van der Waals surface area contributed by atoms with Crippen LogP contribution < -0.4 is 11.0 Å². The van der Waals surface area contributed by atoms with E-state index in [1.165, 1.54) is 11.3 Å². The monoisotopic (exact) mass is 342 g/mol. The van der Waals surface area contributed by atoms with Gasteiger partial charge in [0.15, 0.2) is 0 Å². The smallest absolute Gasteiger partial charge is 0.266 e. The van der Waals surface area contributed by atoms with E-state index in [0.29, 0.717) is 22.7 Å². The third kappa shape index (κ3) is 2.88. The van der Waals surface area contributed by atoms with Gasteiger partial charge in [0, 0.05) is 22.5 Å². The molecule has 0 saturated carbocycles. The maximum absolute atomic E-state index is 13.1. The summed E-state index contributed by atoms with van der Waals surface area (Å²) in [6.07, 6.45) is 0.887. The molecule has 4 nitrogen and oxygen atoms in total. The van der Waals surface area contributed by atoms with Gasteiger partial charge < -0.3 is 0 Å². The van der Waals surface area contributed by atoms with Crippen molar-refractivity contribution >= 4 is 31.6 Å². The number of hydrogen-bond acceptors (Lipinski definition) is 4. The molecule has 0 aliphatic heterocycles. The zero-order chi connectivity index (χ0) is 17.4. The maximum Gasteiger partial charge on any atom is 0.266 e. The van der Waals surface area contributed by atoms with Gasteiger partial charge in [0.05, 0.1) is 0 Å². The van der Waals surface area contributed by atoms with Gasteiger partial charge in [0.25, 0.3) is 5.56 Å². The van der Waals surface area contributed by atoms with Crippen molar-refractivity contribution in [3.63, 3.8) is 0 Å². The van der Waals surface area contributed by atoms with Gasteiger partial charge in [-0.05, 0) is 24.5 Å². The zero-order valence-electron chi connectivity index (χ0n) is 14.5. The fraction of sp³-hybridized carbons (Fsp3) is 0.421. The normalized spacial score (nSPS) is 11.9. The highest BCUT2D eigenvalue weighted by Gasteiger charge is 2.18. The third-order valence-corrected chi connectivity index (χ3v) is 5.24. The van der Waals surface area contributed by atoms with E-state index < -0.39 is 0 Å². The van der Waals surface area contributed by atoms with Gasteiger partial charge in [0.1, 0.15) is 16.0 Å². The minimum absolute atomic E-state index is 0.128. The van der Waals surface area contributed by atoms with Gasteiger partial charge in [0.2, 0.25) is 5.43 Å². The Balaban J connectivity index is 2.38. The minimum atomic E-state index is -0.203. The van der Waals surface area contributed by atoms with Crippen LogP contribution in [-0.2, 0) is 6.54 Å². The summed E-state index contributed by atoms with van der Waals surface area (Å²) in [7, 11) is 0. The predicted molar refractivity (Wildman–Crippen MR) is 101 cm³/mol. The molecule has 0 atom stereocenters. The number of benzene rings is 1. The van der Waals surface area contributed by atoms with Gasteiger partial charge in [-0.3, -0.25) is 14.2 Å². The highest BCUT2D eigenvalue weighted by atomic mass is 32.1. The van der Waals surface area contributed by atoms with Crippen LogP contribution in [0.25, 0.3) is 20.3 Å². The van der Waals surface area contributed by atoms with Crippen LogP contribution in [0.4, 0.5) is 0 Å². The molecule has 0 unspecified atom stereocenters. The summed E-state index contributed by atoms with van der Waals surface area (Å²) in [6.45, 7) is 8.92. The topological polar surface area (TPSA) is 52.0 Å². The van der Waals surface area contributed by atoms with Gasteiger partial charge >= 0.3 is 0 Å². The largest absolute Gasteiger partial charge is 0.296 e. The summed E-state index contributed by atoms with van der Waals surface area (Å²) in [6, 6.07) is 7.41. The van der Waals surface area contributed by atoms with Crippen molar-refractivity contribution in [2.75, 3.05) is 0 Å². The average molecular weight is 342 g/mol. The van der Waals surface area contributed by atoms with Gasteiger partial charge in [-0.1, -0.05) is 39.8 Å². The Bertz CT molecular complexity index is 1020. The SMILES string of the molecule is CC(C)CCn1c(C(C)C)nc2sc3ccccc3c(=O)c2c1=O. The first kappa shape index (κ1) is 16.8. The minimum Gasteiger partial charge on any atom is -0.296 e. The van der Waals surface area contributed by atoms with Crippen LogP contribution >= 0.6 is 11.3 Å². The number of aromatic nitrogens is 2. The highest BCUT2D eigenvalue weighted by molar-refractivity contribution is 7.24. The summed E-state index contributed by atoms with van der Waals surface area (Å²) in [5.74, 6) is 1.38. The molecule has 0 aliphatic rings. The molecule has 0 fully saturated rings. The zero-order valence-corrected chi connectivity index (χ0v) is 15.3. The number of rotatable bonds is 4. The molecule has 3 aromatic rings. The molecule has 0 aliphatic carbocycles. The molecule has 2 heterocycles. The van der Waals surface area contributed by atoms with Crippen LogP contribution in [0, 0.1) is 5.92 Å². The van der Waals surface area contributed by atoms with Gasteiger partial charge in [-0.25, -0.2) is 4.98 Å². The summed E-state index contributed by atoms with van der Waals surface area (Å²) in [4.78, 5) is 31.1. The first-order valence-corrected chi connectivity index (χ1v) is 9.18. The van der Waals surface area contributed by atoms with E-state index in [1.54, 1.807) is 10.6 Å². The second-order valence-corrected chi connectivity index (χ2v) is 7.90. The lowest BCUT2D eigenvalue weighted by Gasteiger charge is -2.16. The average Bonchev–Trinajstić information content (AvgIpc) is 2.53. The molecular formula is C19H22N2O2S. The quantitative estimate of drug-likeness (QED) is 0.670. The molecule has 0 N–H and O–H groups in total. The molecule has 0 saturated heterocycles. The molecule has 3 rings (SSSR count). The van der Waals surface area contributed by atoms with E-state index in [0.717, 1.165) is 16.9 Å². The van der Waals surface area contributed by atoms with E-state index >= 15 is 0 Å². The Kier molecular flexibility index (Phi) is 4.54. The van der Waals surface area contributed by atoms with E-state index in [9.17, 15) is 9.59 Å². The molecule has 0 amide bonds. The fourth-order valence-corrected chi connectivity index (χ4v) is 3.89. The predicted octanol–water partition coefficient (Wildman–Crippen LogP) is 4.14. The molecule has 0 bridgehead atoms. The first-order valence-electron chi connectivity index (χ1n) is 8.36. The van der Waals surface area contributed by atoms with Crippen LogP contribution in [0.1, 0.15) is 45.9 Å². The molecule has 24 heavy (non-hydrogen) atoms. The second-order valence-electron chi connectivity index (χ2n) is 6.87. The Morgan fingerprint density at radius 2 is 1.83 bits per heavy atom. The molecule has 5 heteroatoms. The second kappa shape index (κ2) is 6.48. The van der Waals surface area contributed by atoms with Crippen molar-refractivity contribution in [1.29, 1.82) is 0 Å². The number of fused-ring (bicyclic) bond motifs is 2.